The quantitative estimate of drug-likeness (QED) is 0.334. The molecule has 0 bridgehead atoms. The highest BCUT2D eigenvalue weighted by atomic mass is 19.4. The van der Waals surface area contributed by atoms with Crippen LogP contribution in [-0.4, -0.2) is 0 Å². The Hall–Kier alpha value is -2.43. The zero-order chi connectivity index (χ0) is 20.7. The number of allylic oxidation sites excluding steroid dienone is 4. The largest absolute Gasteiger partial charge is 0.416 e. The number of benzene rings is 2. The van der Waals surface area contributed by atoms with Gasteiger partial charge in [0.15, 0.2) is 0 Å². The zero-order valence-electron chi connectivity index (χ0n) is 15.8. The van der Waals surface area contributed by atoms with Gasteiger partial charge in [-0.2, -0.15) is 13.2 Å². The van der Waals surface area contributed by atoms with E-state index in [0.29, 0.717) is 18.1 Å². The Kier molecular flexibility index (Phi) is 7.55. The van der Waals surface area contributed by atoms with Gasteiger partial charge in [0.25, 0.3) is 0 Å². The van der Waals surface area contributed by atoms with E-state index in [1.54, 1.807) is 0 Å². The summed E-state index contributed by atoms with van der Waals surface area (Å²) in [4.78, 5) is 0. The molecule has 2 atom stereocenters. The Morgan fingerprint density at radius 2 is 1.57 bits per heavy atom. The number of hydrogen-bond acceptors (Lipinski definition) is 0. The first-order valence-electron chi connectivity index (χ1n) is 9.17. The van der Waals surface area contributed by atoms with Gasteiger partial charge in [0.2, 0.25) is 0 Å². The minimum absolute atomic E-state index is 0.0224. The van der Waals surface area contributed by atoms with Crippen molar-refractivity contribution in [2.75, 3.05) is 0 Å². The van der Waals surface area contributed by atoms with Crippen molar-refractivity contribution >= 4 is 0 Å². The van der Waals surface area contributed by atoms with Crippen molar-refractivity contribution in [3.8, 4) is 0 Å². The summed E-state index contributed by atoms with van der Waals surface area (Å²) in [6, 6.07) is 8.18. The molecule has 0 radical (unpaired) electrons. The van der Waals surface area contributed by atoms with Gasteiger partial charge in [-0.15, -0.1) is 0 Å². The second kappa shape index (κ2) is 9.67. The standard InChI is InChI=1S/C23H23F5/c1-3-4-5-6-7-16(2)12-22(17-8-10-20(24)11-9-17)18-13-19(23(26,27)28)15-21(25)14-18/h4-11,13-16,22H,3,12H2,1-2H3/b5-4-,7-6-/t16?,22-/m1/s1. The average Bonchev–Trinajstić information content (AvgIpc) is 2.63. The van der Waals surface area contributed by atoms with E-state index in [9.17, 15) is 22.0 Å². The fourth-order valence-corrected chi connectivity index (χ4v) is 3.06. The van der Waals surface area contributed by atoms with E-state index in [1.807, 2.05) is 38.2 Å². The summed E-state index contributed by atoms with van der Waals surface area (Å²) < 4.78 is 66.7. The summed E-state index contributed by atoms with van der Waals surface area (Å²) in [6.07, 6.45) is 4.47. The van der Waals surface area contributed by atoms with Gasteiger partial charge in [0.1, 0.15) is 11.6 Å². The minimum atomic E-state index is -4.64. The summed E-state index contributed by atoms with van der Waals surface area (Å²) in [6.45, 7) is 3.96. The molecule has 2 rings (SSSR count). The van der Waals surface area contributed by atoms with E-state index >= 15 is 0 Å². The van der Waals surface area contributed by atoms with Gasteiger partial charge in [-0.3, -0.25) is 0 Å². The van der Waals surface area contributed by atoms with Gasteiger partial charge in [-0.25, -0.2) is 8.78 Å². The lowest BCUT2D eigenvalue weighted by Gasteiger charge is -2.22. The average molecular weight is 394 g/mol. The third kappa shape index (κ3) is 6.32. The van der Waals surface area contributed by atoms with Crippen molar-refractivity contribution in [2.45, 2.75) is 38.8 Å². The smallest absolute Gasteiger partial charge is 0.207 e. The lowest BCUT2D eigenvalue weighted by molar-refractivity contribution is -0.137. The molecule has 0 spiro atoms. The first-order valence-corrected chi connectivity index (χ1v) is 9.17. The molecule has 5 heteroatoms. The van der Waals surface area contributed by atoms with E-state index in [-0.39, 0.29) is 11.5 Å². The van der Waals surface area contributed by atoms with Crippen molar-refractivity contribution in [3.63, 3.8) is 0 Å². The molecule has 0 fully saturated rings. The van der Waals surface area contributed by atoms with Gasteiger partial charge >= 0.3 is 6.18 Å². The topological polar surface area (TPSA) is 0 Å². The Balaban J connectivity index is 2.41. The molecule has 28 heavy (non-hydrogen) atoms. The Morgan fingerprint density at radius 1 is 0.893 bits per heavy atom. The highest BCUT2D eigenvalue weighted by Gasteiger charge is 2.32. The zero-order valence-corrected chi connectivity index (χ0v) is 15.8. The minimum Gasteiger partial charge on any atom is -0.207 e. The fourth-order valence-electron chi connectivity index (χ4n) is 3.06. The van der Waals surface area contributed by atoms with Crippen LogP contribution < -0.4 is 0 Å². The molecular formula is C23H23F5. The van der Waals surface area contributed by atoms with Crippen molar-refractivity contribution in [2.24, 2.45) is 5.92 Å². The van der Waals surface area contributed by atoms with Crippen LogP contribution >= 0.6 is 0 Å². The number of rotatable bonds is 7. The Morgan fingerprint density at radius 3 is 2.18 bits per heavy atom. The van der Waals surface area contributed by atoms with Crippen LogP contribution in [0.4, 0.5) is 22.0 Å². The second-order valence-corrected chi connectivity index (χ2v) is 6.81. The summed E-state index contributed by atoms with van der Waals surface area (Å²) >= 11 is 0. The molecule has 0 aliphatic carbocycles. The van der Waals surface area contributed by atoms with Crippen LogP contribution in [0.1, 0.15) is 49.3 Å². The predicted molar refractivity (Wildman–Crippen MR) is 102 cm³/mol. The van der Waals surface area contributed by atoms with E-state index in [4.69, 9.17) is 0 Å². The Labute approximate surface area is 162 Å². The van der Waals surface area contributed by atoms with Crippen LogP contribution in [0, 0.1) is 17.6 Å². The SMILES string of the molecule is CC/C=C\C=C/C(C)C[C@H](c1ccc(F)cc1)c1cc(F)cc(C(F)(F)F)c1. The molecule has 0 amide bonds. The molecule has 1 unspecified atom stereocenters. The second-order valence-electron chi connectivity index (χ2n) is 6.81. The van der Waals surface area contributed by atoms with Gasteiger partial charge in [0, 0.05) is 5.92 Å². The van der Waals surface area contributed by atoms with E-state index in [0.717, 1.165) is 18.6 Å². The van der Waals surface area contributed by atoms with Crippen molar-refractivity contribution in [3.05, 3.63) is 95.1 Å². The molecule has 0 aliphatic rings. The van der Waals surface area contributed by atoms with Crippen LogP contribution in [0.3, 0.4) is 0 Å². The predicted octanol–water partition coefficient (Wildman–Crippen LogP) is 7.66. The van der Waals surface area contributed by atoms with Gasteiger partial charge in [0.05, 0.1) is 5.56 Å². The first kappa shape index (κ1) is 21.9. The maximum Gasteiger partial charge on any atom is 0.416 e. The van der Waals surface area contributed by atoms with Crippen molar-refractivity contribution in [1.82, 2.24) is 0 Å². The third-order valence-electron chi connectivity index (χ3n) is 4.45. The molecular weight excluding hydrogens is 371 g/mol. The molecule has 2 aromatic rings. The molecule has 0 saturated carbocycles. The van der Waals surface area contributed by atoms with Gasteiger partial charge in [-0.1, -0.05) is 50.3 Å². The maximum absolute atomic E-state index is 13.9. The maximum atomic E-state index is 13.9. The number of hydrogen-bond donors (Lipinski definition) is 0. The van der Waals surface area contributed by atoms with Crippen molar-refractivity contribution < 1.29 is 22.0 Å². The molecule has 0 saturated heterocycles. The van der Waals surface area contributed by atoms with E-state index < -0.39 is 29.3 Å². The van der Waals surface area contributed by atoms with Gasteiger partial charge in [-0.05, 0) is 60.2 Å². The van der Waals surface area contributed by atoms with E-state index in [1.165, 1.54) is 24.3 Å². The van der Waals surface area contributed by atoms with Crippen LogP contribution in [0.2, 0.25) is 0 Å². The van der Waals surface area contributed by atoms with Crippen LogP contribution in [0.5, 0.6) is 0 Å². The summed E-state index contributed by atoms with van der Waals surface area (Å²) in [5, 5.41) is 0. The monoisotopic (exact) mass is 394 g/mol. The summed E-state index contributed by atoms with van der Waals surface area (Å²) in [5.74, 6) is -1.84. The highest BCUT2D eigenvalue weighted by Crippen LogP contribution is 2.36. The third-order valence-corrected chi connectivity index (χ3v) is 4.45. The fraction of sp³-hybridized carbons (Fsp3) is 0.304. The molecule has 0 aliphatic heterocycles. The normalized spacial score (nSPS) is 14.7. The number of halogens is 5. The summed E-state index contributed by atoms with van der Waals surface area (Å²) in [5.41, 5.74) is -0.156. The lowest BCUT2D eigenvalue weighted by Crippen LogP contribution is -2.10. The molecule has 2 aromatic carbocycles. The molecule has 0 N–H and O–H groups in total. The summed E-state index contributed by atoms with van der Waals surface area (Å²) in [7, 11) is 0. The first-order chi connectivity index (χ1) is 13.2. The highest BCUT2D eigenvalue weighted by molar-refractivity contribution is 5.36. The number of alkyl halides is 3. The molecule has 0 heterocycles. The van der Waals surface area contributed by atoms with Crippen LogP contribution in [-0.2, 0) is 6.18 Å². The van der Waals surface area contributed by atoms with Crippen LogP contribution in [0.15, 0.2) is 66.8 Å². The molecule has 150 valence electrons. The van der Waals surface area contributed by atoms with Gasteiger partial charge < -0.3 is 0 Å². The van der Waals surface area contributed by atoms with E-state index in [2.05, 4.69) is 0 Å². The molecule has 0 aromatic heterocycles. The molecule has 0 nitrogen and oxygen atoms in total. The van der Waals surface area contributed by atoms with Crippen LogP contribution in [0.25, 0.3) is 0 Å². The lowest BCUT2D eigenvalue weighted by atomic mass is 9.83. The van der Waals surface area contributed by atoms with Crippen molar-refractivity contribution in [1.29, 1.82) is 0 Å². The Bertz CT molecular complexity index is 816.